The van der Waals surface area contributed by atoms with Gasteiger partial charge in [-0.05, 0) is 54.1 Å². The lowest BCUT2D eigenvalue weighted by molar-refractivity contribution is -0.255. The van der Waals surface area contributed by atoms with Gasteiger partial charge >= 0.3 is 23.9 Å². The summed E-state index contributed by atoms with van der Waals surface area (Å²) < 4.78 is 107. The van der Waals surface area contributed by atoms with Crippen molar-refractivity contribution in [3.05, 3.63) is 102 Å². The molecule has 6 rings (SSSR count). The number of nitrogens with two attached hydrogens (primary N) is 1. The highest BCUT2D eigenvalue weighted by molar-refractivity contribution is 7.92. The number of rotatable bonds is 21. The number of sulfonamides is 1. The summed E-state index contributed by atoms with van der Waals surface area (Å²) in [5.74, 6) is -5.22. The lowest BCUT2D eigenvalue weighted by atomic mass is 9.90. The molecule has 0 spiro atoms. The Labute approximate surface area is 404 Å². The Morgan fingerprint density at radius 2 is 1.20 bits per heavy atom. The van der Waals surface area contributed by atoms with Crippen LogP contribution >= 0.6 is 0 Å². The highest BCUT2D eigenvalue weighted by Gasteiger charge is 2.32. The van der Waals surface area contributed by atoms with Crippen molar-refractivity contribution in [2.75, 3.05) is 88.1 Å². The first-order valence-corrected chi connectivity index (χ1v) is 23.5. The summed E-state index contributed by atoms with van der Waals surface area (Å²) >= 11 is 0. The lowest BCUT2D eigenvalue weighted by Crippen LogP contribution is -2.36. The average Bonchev–Trinajstić information content (AvgIpc) is 3.33. The quantitative estimate of drug-likeness (QED) is 0.0232. The predicted molar refractivity (Wildman–Crippen MR) is 248 cm³/mol. The molecule has 0 saturated heterocycles. The van der Waals surface area contributed by atoms with Crippen LogP contribution in [0.4, 0.5) is 22.7 Å². The van der Waals surface area contributed by atoms with Crippen LogP contribution < -0.4 is 40.2 Å². The first kappa shape index (κ1) is 52.0. The Morgan fingerprint density at radius 1 is 0.662 bits per heavy atom. The van der Waals surface area contributed by atoms with E-state index < -0.39 is 101 Å². The van der Waals surface area contributed by atoms with Crippen LogP contribution in [0.5, 0.6) is 11.5 Å². The van der Waals surface area contributed by atoms with Gasteiger partial charge in [0.05, 0.1) is 62.5 Å². The molecule has 0 saturated carbocycles. The number of methoxy groups -OCH3 is 4. The summed E-state index contributed by atoms with van der Waals surface area (Å²) in [5, 5.41) is 20.4. The molecule has 4 aromatic rings. The summed E-state index contributed by atoms with van der Waals surface area (Å²) in [6.45, 7) is -2.33. The van der Waals surface area contributed by atoms with Crippen LogP contribution in [0.25, 0.3) is 33.4 Å². The standard InChI is InChI=1S/C46H45N5O18S2/c1-63-37(52)22-50(23-38(53)64-2)33-11-7-8-12-35(33)67-19-20-68-36-21-26(13-18-34(36)51(24-39(54)65-3)25-40(55)66-4)49-70(58,59)44-31(47)16-14-29-41(27-9-5-6-10-28(27)46(56)57)30-15-17-32(48)45(71(60,61)62)43(30)69-42(29)44/h5-18,21,47,49H,19-20,22-25,48H2,1-4H3,(H,56,57)(H,60,61,62)/p-2. The minimum Gasteiger partial charge on any atom is -0.744 e. The van der Waals surface area contributed by atoms with E-state index in [0.717, 1.165) is 26.4 Å². The van der Waals surface area contributed by atoms with Gasteiger partial charge in [-0.2, -0.15) is 0 Å². The van der Waals surface area contributed by atoms with E-state index in [1.165, 1.54) is 78.6 Å². The Morgan fingerprint density at radius 3 is 1.76 bits per heavy atom. The molecule has 0 amide bonds. The largest absolute Gasteiger partial charge is 0.744 e. The molecule has 0 bridgehead atoms. The van der Waals surface area contributed by atoms with Gasteiger partial charge < -0.3 is 62.8 Å². The zero-order valence-corrected chi connectivity index (χ0v) is 39.7. The number of hydrogen-bond donors (Lipinski definition) is 3. The monoisotopic (exact) mass is 1020 g/mol. The zero-order valence-electron chi connectivity index (χ0n) is 38.0. The second kappa shape index (κ2) is 21.9. The lowest BCUT2D eigenvalue weighted by Gasteiger charge is -2.26. The van der Waals surface area contributed by atoms with Crippen molar-refractivity contribution in [1.82, 2.24) is 0 Å². The van der Waals surface area contributed by atoms with E-state index in [1.807, 2.05) is 0 Å². The second-order valence-electron chi connectivity index (χ2n) is 14.9. The first-order chi connectivity index (χ1) is 33.7. The van der Waals surface area contributed by atoms with Gasteiger partial charge in [0, 0.05) is 28.1 Å². The maximum atomic E-state index is 14.7. The minimum absolute atomic E-state index is 0.0412. The minimum atomic E-state index is -5.47. The van der Waals surface area contributed by atoms with Gasteiger partial charge in [-0.25, -0.2) is 16.8 Å². The molecule has 1 heterocycles. The van der Waals surface area contributed by atoms with Crippen molar-refractivity contribution in [2.45, 2.75) is 9.79 Å². The number of carboxylic acid groups (broad SMARTS) is 1. The van der Waals surface area contributed by atoms with E-state index in [1.54, 1.807) is 24.3 Å². The number of anilines is 4. The molecule has 23 nitrogen and oxygen atoms in total. The van der Waals surface area contributed by atoms with Crippen LogP contribution in [0.1, 0.15) is 10.4 Å². The number of ether oxygens (including phenoxy) is 6. The molecule has 71 heavy (non-hydrogen) atoms. The molecule has 2 aliphatic rings. The molecule has 0 atom stereocenters. The van der Waals surface area contributed by atoms with E-state index in [-0.39, 0.29) is 71.3 Å². The highest BCUT2D eigenvalue weighted by Crippen LogP contribution is 2.46. The van der Waals surface area contributed by atoms with E-state index >= 15 is 0 Å². The number of nitrogens with zero attached hydrogens (tertiary/aromatic N) is 2. The Bertz CT molecular complexity index is 3270. The van der Waals surface area contributed by atoms with Crippen LogP contribution in [0.3, 0.4) is 0 Å². The number of benzene rings is 5. The highest BCUT2D eigenvalue weighted by atomic mass is 32.2. The molecule has 1 aliphatic heterocycles. The van der Waals surface area contributed by atoms with Crippen molar-refractivity contribution < 1.29 is 83.3 Å². The Balaban J connectivity index is 1.45. The maximum Gasteiger partial charge on any atom is 0.325 e. The molecule has 374 valence electrons. The Hall–Kier alpha value is -8.42. The smallest absolute Gasteiger partial charge is 0.325 e. The van der Waals surface area contributed by atoms with Crippen LogP contribution in [0, 0.1) is 5.41 Å². The zero-order chi connectivity index (χ0) is 51.8. The summed E-state index contributed by atoms with van der Waals surface area (Å²) in [6.07, 6.45) is 0. The number of carbonyl (C=O) groups is 5. The van der Waals surface area contributed by atoms with Gasteiger partial charge in [0.15, 0.2) is 16.2 Å². The van der Waals surface area contributed by atoms with Crippen LogP contribution in [-0.2, 0) is 58.3 Å². The third-order valence-electron chi connectivity index (χ3n) is 10.5. The fourth-order valence-corrected chi connectivity index (χ4v) is 9.34. The number of carboxylic acids is 1. The second-order valence-corrected chi connectivity index (χ2v) is 17.8. The third kappa shape index (κ3) is 11.7. The number of nitrogens with one attached hydrogen (secondary N) is 2. The number of para-hydroxylation sites is 2. The molecule has 4 N–H and O–H groups in total. The van der Waals surface area contributed by atoms with Crippen molar-refractivity contribution in [3.8, 4) is 33.9 Å². The van der Waals surface area contributed by atoms with Crippen molar-refractivity contribution >= 4 is 83.7 Å². The van der Waals surface area contributed by atoms with Gasteiger partial charge in [0.2, 0.25) is 0 Å². The normalized spacial score (nSPS) is 11.3. The average molecular weight is 1020 g/mol. The van der Waals surface area contributed by atoms with Crippen LogP contribution in [-0.4, -0.2) is 119 Å². The molecule has 4 aromatic carbocycles. The van der Waals surface area contributed by atoms with Gasteiger partial charge in [-0.1, -0.05) is 36.4 Å². The summed E-state index contributed by atoms with van der Waals surface area (Å²) in [7, 11) is -5.93. The number of esters is 4. The number of carbonyl (C=O) groups excluding carboxylic acids is 5. The fraction of sp³-hybridized carbons (Fsp3) is 0.217. The molecule has 0 fully saturated rings. The maximum absolute atomic E-state index is 14.7. The number of hydrogen-bond acceptors (Lipinski definition) is 22. The van der Waals surface area contributed by atoms with Crippen LogP contribution in [0.15, 0.2) is 105 Å². The topological polar surface area (TPSA) is 337 Å². The van der Waals surface area contributed by atoms with Gasteiger partial charge in [-0.3, -0.25) is 29.3 Å². The summed E-state index contributed by atoms with van der Waals surface area (Å²) in [6, 6.07) is 20.1. The van der Waals surface area contributed by atoms with Crippen molar-refractivity contribution in [2.24, 2.45) is 0 Å². The molecular weight excluding hydrogens is 975 g/mol. The van der Waals surface area contributed by atoms with Crippen LogP contribution in [0.2, 0.25) is 0 Å². The Kier molecular flexibility index (Phi) is 16.0. The van der Waals surface area contributed by atoms with Gasteiger partial charge in [-0.15, -0.1) is 0 Å². The first-order valence-electron chi connectivity index (χ1n) is 20.6. The summed E-state index contributed by atoms with van der Waals surface area (Å²) in [4.78, 5) is 62.7. The van der Waals surface area contributed by atoms with E-state index in [2.05, 4.69) is 4.72 Å². The van der Waals surface area contributed by atoms with Gasteiger partial charge in [0.1, 0.15) is 65.9 Å². The number of nitrogen functional groups attached to an aromatic ring is 1. The summed E-state index contributed by atoms with van der Waals surface area (Å²) in [5.41, 5.74) is 4.00. The predicted octanol–water partition coefficient (Wildman–Crippen LogP) is 2.10. The molecule has 1 aliphatic carbocycles. The number of aromatic carboxylic acids is 1. The molecule has 25 heteroatoms. The SMILES string of the molecule is COC(=O)CN(CC(=O)OC)c1ccccc1OCCOc1cc(NS(=O)(=O)c2c3oc4c(S(=O)(=O)[O-])c(N)ccc4c(-c4ccccc4C(=O)[O-])c-3ccc2=N)ccc1N(CC(=O)OC)CC(=O)OC. The molecule has 0 radical (unpaired) electrons. The van der Waals surface area contributed by atoms with E-state index in [9.17, 15) is 50.5 Å². The number of fused-ring (bicyclic) bond motifs is 2. The molecular formula is C46H43N5O18S2-2. The van der Waals surface area contributed by atoms with E-state index in [4.69, 9.17) is 44.0 Å². The molecule has 0 aromatic heterocycles. The third-order valence-corrected chi connectivity index (χ3v) is 12.8. The van der Waals surface area contributed by atoms with Crippen molar-refractivity contribution in [1.29, 1.82) is 5.41 Å². The van der Waals surface area contributed by atoms with Gasteiger partial charge in [0.25, 0.3) is 10.0 Å². The van der Waals surface area contributed by atoms with E-state index in [0.29, 0.717) is 5.69 Å². The molecule has 0 unspecified atom stereocenters. The fourth-order valence-electron chi connectivity index (χ4n) is 7.32. The van der Waals surface area contributed by atoms with Crippen molar-refractivity contribution in [3.63, 3.8) is 0 Å².